The Labute approximate surface area is 76.5 Å². The number of fused-ring (bicyclic) bond motifs is 1. The number of nitrogens with zero attached hydrogens (tertiary/aromatic N) is 1. The average Bonchev–Trinajstić information content (AvgIpc) is 2.07. The molecule has 0 fully saturated rings. The molecule has 6 heteroatoms. The van der Waals surface area contributed by atoms with Crippen molar-refractivity contribution in [3.63, 3.8) is 0 Å². The maximum Gasteiger partial charge on any atom is 0.261 e. The van der Waals surface area contributed by atoms with Gasteiger partial charge in [0.05, 0.1) is 17.1 Å². The van der Waals surface area contributed by atoms with Gasteiger partial charge in [0, 0.05) is 6.20 Å². The highest BCUT2D eigenvalue weighted by atomic mass is 32.1. The van der Waals surface area contributed by atoms with Crippen LogP contribution in [0.5, 0.6) is 0 Å². The molecule has 0 radical (unpaired) electrons. The molecule has 0 spiro atoms. The van der Waals surface area contributed by atoms with Gasteiger partial charge < -0.3 is 4.98 Å². The second-order valence-corrected chi connectivity index (χ2v) is 2.86. The van der Waals surface area contributed by atoms with Gasteiger partial charge in [0.2, 0.25) is 0 Å². The van der Waals surface area contributed by atoms with Crippen LogP contribution in [-0.4, -0.2) is 15.0 Å². The Morgan fingerprint density at radius 3 is 2.92 bits per heavy atom. The second-order valence-electron chi connectivity index (χ2n) is 2.45. The molecule has 0 saturated carbocycles. The van der Waals surface area contributed by atoms with Crippen LogP contribution in [0, 0.1) is 10.6 Å². The van der Waals surface area contributed by atoms with E-state index in [4.69, 9.17) is 0 Å². The molecule has 66 valence electrons. The van der Waals surface area contributed by atoms with E-state index < -0.39 is 11.4 Å². The van der Waals surface area contributed by atoms with Gasteiger partial charge in [-0.3, -0.25) is 14.8 Å². The summed E-state index contributed by atoms with van der Waals surface area (Å²) < 4.78 is 13.2. The third-order valence-electron chi connectivity index (χ3n) is 1.61. The summed E-state index contributed by atoms with van der Waals surface area (Å²) in [6.07, 6.45) is 2.30. The molecule has 0 bridgehead atoms. The first-order chi connectivity index (χ1) is 6.18. The van der Waals surface area contributed by atoms with E-state index in [1.807, 2.05) is 0 Å². The van der Waals surface area contributed by atoms with Crippen molar-refractivity contribution in [2.45, 2.75) is 0 Å². The summed E-state index contributed by atoms with van der Waals surface area (Å²) in [5.41, 5.74) is -0.352. The van der Waals surface area contributed by atoms with Crippen molar-refractivity contribution in [2.75, 3.05) is 0 Å². The van der Waals surface area contributed by atoms with Gasteiger partial charge >= 0.3 is 0 Å². The van der Waals surface area contributed by atoms with Crippen molar-refractivity contribution in [1.82, 2.24) is 15.0 Å². The molecule has 4 nitrogen and oxygen atoms in total. The number of nitrogens with one attached hydrogen (secondary N) is 2. The standard InChI is InChI=1S/C7H4FN3OS/c8-4-2-9-1-3-5(4)10-7(13)11-6(3)12/h1-2H,(H2,10,11,12,13). The van der Waals surface area contributed by atoms with Gasteiger partial charge in [-0.2, -0.15) is 0 Å². The van der Waals surface area contributed by atoms with Crippen molar-refractivity contribution < 1.29 is 4.39 Å². The lowest BCUT2D eigenvalue weighted by Crippen LogP contribution is -2.08. The monoisotopic (exact) mass is 197 g/mol. The highest BCUT2D eigenvalue weighted by Crippen LogP contribution is 2.07. The average molecular weight is 197 g/mol. The van der Waals surface area contributed by atoms with Crippen LogP contribution in [-0.2, 0) is 0 Å². The zero-order valence-electron chi connectivity index (χ0n) is 6.30. The largest absolute Gasteiger partial charge is 0.329 e. The van der Waals surface area contributed by atoms with Crippen molar-refractivity contribution in [1.29, 1.82) is 0 Å². The van der Waals surface area contributed by atoms with Crippen LogP contribution in [0.1, 0.15) is 0 Å². The Morgan fingerprint density at radius 1 is 1.38 bits per heavy atom. The third-order valence-corrected chi connectivity index (χ3v) is 1.81. The van der Waals surface area contributed by atoms with Gasteiger partial charge in [0.25, 0.3) is 5.56 Å². The van der Waals surface area contributed by atoms with E-state index in [1.165, 1.54) is 6.20 Å². The zero-order valence-corrected chi connectivity index (χ0v) is 7.11. The SMILES string of the molecule is O=c1[nH]c(=S)[nH]c2c(F)cncc12. The number of rotatable bonds is 0. The van der Waals surface area contributed by atoms with Gasteiger partial charge in [-0.15, -0.1) is 0 Å². The summed E-state index contributed by atoms with van der Waals surface area (Å²) in [4.78, 5) is 19.6. The van der Waals surface area contributed by atoms with Crippen LogP contribution in [0.15, 0.2) is 17.2 Å². The van der Waals surface area contributed by atoms with E-state index in [0.29, 0.717) is 0 Å². The van der Waals surface area contributed by atoms with Gasteiger partial charge in [0.1, 0.15) is 0 Å². The smallest absolute Gasteiger partial charge is 0.261 e. The summed E-state index contributed by atoms with van der Waals surface area (Å²) in [6, 6.07) is 0. The first-order valence-electron chi connectivity index (χ1n) is 3.44. The lowest BCUT2D eigenvalue weighted by atomic mass is 10.3. The highest BCUT2D eigenvalue weighted by molar-refractivity contribution is 7.71. The van der Waals surface area contributed by atoms with Gasteiger partial charge in [-0.1, -0.05) is 0 Å². The summed E-state index contributed by atoms with van der Waals surface area (Å²) in [5, 5.41) is 0.161. The predicted molar refractivity (Wildman–Crippen MR) is 47.5 cm³/mol. The number of aromatic nitrogens is 3. The number of pyridine rings is 1. The molecular formula is C7H4FN3OS. The first-order valence-corrected chi connectivity index (χ1v) is 3.85. The molecular weight excluding hydrogens is 193 g/mol. The number of hydrogen-bond donors (Lipinski definition) is 2. The minimum atomic E-state index is -0.588. The van der Waals surface area contributed by atoms with Crippen LogP contribution in [0.4, 0.5) is 4.39 Å². The molecule has 2 heterocycles. The van der Waals surface area contributed by atoms with Crippen LogP contribution < -0.4 is 5.56 Å². The summed E-state index contributed by atoms with van der Waals surface area (Å²) >= 11 is 4.69. The summed E-state index contributed by atoms with van der Waals surface area (Å²) in [7, 11) is 0. The van der Waals surface area contributed by atoms with Crippen molar-refractivity contribution in [3.05, 3.63) is 33.3 Å². The van der Waals surface area contributed by atoms with Gasteiger partial charge in [0.15, 0.2) is 10.6 Å². The van der Waals surface area contributed by atoms with Crippen molar-refractivity contribution in [3.8, 4) is 0 Å². The molecule has 0 aliphatic rings. The van der Waals surface area contributed by atoms with Crippen molar-refractivity contribution >= 4 is 23.1 Å². The predicted octanol–water partition coefficient (Wildman–Crippen LogP) is 1.12. The topological polar surface area (TPSA) is 61.5 Å². The Kier molecular flexibility index (Phi) is 1.70. The maximum atomic E-state index is 13.1. The van der Waals surface area contributed by atoms with E-state index in [1.54, 1.807) is 0 Å². The quantitative estimate of drug-likeness (QED) is 0.622. The van der Waals surface area contributed by atoms with Crippen molar-refractivity contribution in [2.24, 2.45) is 0 Å². The Hall–Kier alpha value is -1.56. The second kappa shape index (κ2) is 2.74. The normalized spacial score (nSPS) is 10.5. The molecule has 0 unspecified atom stereocenters. The summed E-state index contributed by atoms with van der Waals surface area (Å²) in [5.74, 6) is -0.588. The first kappa shape index (κ1) is 8.06. The number of hydrogen-bond acceptors (Lipinski definition) is 3. The Morgan fingerprint density at radius 2 is 2.15 bits per heavy atom. The number of aromatic amines is 2. The zero-order chi connectivity index (χ0) is 9.42. The fraction of sp³-hybridized carbons (Fsp3) is 0. The molecule has 0 aromatic carbocycles. The lowest BCUT2D eigenvalue weighted by molar-refractivity contribution is 0.630. The maximum absolute atomic E-state index is 13.1. The third kappa shape index (κ3) is 1.25. The minimum absolute atomic E-state index is 0.0868. The van der Waals surface area contributed by atoms with Gasteiger partial charge in [-0.25, -0.2) is 4.39 Å². The lowest BCUT2D eigenvalue weighted by Gasteiger charge is -1.96. The Bertz CT molecular complexity index is 574. The molecule has 0 aliphatic heterocycles. The highest BCUT2D eigenvalue weighted by Gasteiger charge is 2.03. The van der Waals surface area contributed by atoms with Crippen LogP contribution >= 0.6 is 12.2 Å². The Balaban J connectivity index is 3.12. The van der Waals surface area contributed by atoms with Crippen LogP contribution in [0.3, 0.4) is 0 Å². The molecule has 0 aliphatic carbocycles. The van der Waals surface area contributed by atoms with Crippen LogP contribution in [0.2, 0.25) is 0 Å². The minimum Gasteiger partial charge on any atom is -0.329 e. The van der Waals surface area contributed by atoms with E-state index in [-0.39, 0.29) is 15.7 Å². The molecule has 13 heavy (non-hydrogen) atoms. The molecule has 0 amide bonds. The summed E-state index contributed by atoms with van der Waals surface area (Å²) in [6.45, 7) is 0. The number of H-pyrrole nitrogens is 2. The molecule has 0 atom stereocenters. The van der Waals surface area contributed by atoms with Crippen LogP contribution in [0.25, 0.3) is 10.9 Å². The molecule has 2 aromatic rings. The van der Waals surface area contributed by atoms with E-state index in [2.05, 4.69) is 27.2 Å². The molecule has 2 N–H and O–H groups in total. The fourth-order valence-electron chi connectivity index (χ4n) is 1.05. The number of halogens is 1. The molecule has 2 rings (SSSR count). The molecule has 0 saturated heterocycles. The van der Waals surface area contributed by atoms with E-state index in [9.17, 15) is 9.18 Å². The fourth-order valence-corrected chi connectivity index (χ4v) is 1.24. The van der Waals surface area contributed by atoms with E-state index >= 15 is 0 Å². The molecule has 2 aromatic heterocycles. The van der Waals surface area contributed by atoms with Gasteiger partial charge in [-0.05, 0) is 12.2 Å². The van der Waals surface area contributed by atoms with E-state index in [0.717, 1.165) is 6.20 Å².